The molecule has 0 radical (unpaired) electrons. The first-order chi connectivity index (χ1) is 9.50. The molecule has 0 atom stereocenters. The Balaban J connectivity index is 2.31. The molecule has 1 aliphatic rings. The lowest BCUT2D eigenvalue weighted by atomic mass is 10.2. The summed E-state index contributed by atoms with van der Waals surface area (Å²) in [5, 5.41) is 0.531. The van der Waals surface area contributed by atoms with E-state index in [1.54, 1.807) is 19.9 Å². The van der Waals surface area contributed by atoms with Gasteiger partial charge in [0.2, 0.25) is 0 Å². The van der Waals surface area contributed by atoms with Gasteiger partial charge in [0.25, 0.3) is 0 Å². The quantitative estimate of drug-likeness (QED) is 0.795. The third kappa shape index (κ3) is 1.83. The first kappa shape index (κ1) is 13.2. The molecule has 2 aromatic heterocycles. The third-order valence-corrected chi connectivity index (χ3v) is 4.02. The molecular formula is C13H15ClN4O2. The van der Waals surface area contributed by atoms with Crippen molar-refractivity contribution in [2.75, 3.05) is 0 Å². The van der Waals surface area contributed by atoms with E-state index in [1.807, 2.05) is 0 Å². The molecule has 1 aliphatic heterocycles. The van der Waals surface area contributed by atoms with Gasteiger partial charge in [-0.2, -0.15) is 4.57 Å². The van der Waals surface area contributed by atoms with Crippen LogP contribution in [0.1, 0.15) is 24.1 Å². The first-order valence-electron chi connectivity index (χ1n) is 6.57. The Morgan fingerprint density at radius 2 is 1.65 bits per heavy atom. The van der Waals surface area contributed by atoms with Crippen molar-refractivity contribution >= 4 is 11.6 Å². The lowest BCUT2D eigenvalue weighted by Gasteiger charge is -2.13. The Morgan fingerprint density at radius 3 is 2.20 bits per heavy atom. The van der Waals surface area contributed by atoms with Crippen molar-refractivity contribution in [3.05, 3.63) is 43.3 Å². The maximum Gasteiger partial charge on any atom is 0.353 e. The molecule has 0 aromatic carbocycles. The highest BCUT2D eigenvalue weighted by molar-refractivity contribution is 6.31. The molecule has 106 valence electrons. The minimum absolute atomic E-state index is 0.327. The molecule has 0 N–H and O–H groups in total. The molecule has 0 bridgehead atoms. The van der Waals surface area contributed by atoms with Crippen LogP contribution in [0, 0.1) is 13.8 Å². The van der Waals surface area contributed by atoms with E-state index in [0.29, 0.717) is 35.2 Å². The summed E-state index contributed by atoms with van der Waals surface area (Å²) in [6.07, 6.45) is 1.82. The highest BCUT2D eigenvalue weighted by Crippen LogP contribution is 2.18. The molecule has 2 aromatic rings. The smallest absolute Gasteiger partial charge is 0.245 e. The average molecular weight is 295 g/mol. The second kappa shape index (κ2) is 4.63. The van der Waals surface area contributed by atoms with Gasteiger partial charge in [-0.25, -0.2) is 23.9 Å². The number of fused-ring (bicyclic) bond motifs is 1. The van der Waals surface area contributed by atoms with E-state index in [0.717, 1.165) is 17.4 Å². The Kier molecular flexibility index (Phi) is 3.05. The van der Waals surface area contributed by atoms with Gasteiger partial charge >= 0.3 is 11.4 Å². The van der Waals surface area contributed by atoms with E-state index in [2.05, 4.69) is 4.98 Å². The van der Waals surface area contributed by atoms with Crippen LogP contribution in [0.3, 0.4) is 0 Å². The number of hydrogen-bond acceptors (Lipinski definition) is 3. The van der Waals surface area contributed by atoms with Crippen molar-refractivity contribution < 1.29 is 0 Å². The van der Waals surface area contributed by atoms with Crippen LogP contribution in [0.15, 0.2) is 15.7 Å². The molecular weight excluding hydrogens is 280 g/mol. The van der Waals surface area contributed by atoms with Crippen molar-refractivity contribution in [1.82, 2.24) is 18.9 Å². The fourth-order valence-corrected chi connectivity index (χ4v) is 2.75. The second-order valence-corrected chi connectivity index (χ2v) is 5.46. The molecule has 3 heterocycles. The first-order valence-corrected chi connectivity index (χ1v) is 6.95. The van der Waals surface area contributed by atoms with Gasteiger partial charge in [0.05, 0.1) is 10.7 Å². The van der Waals surface area contributed by atoms with E-state index in [1.165, 1.54) is 9.36 Å². The number of rotatable bonds is 1. The summed E-state index contributed by atoms with van der Waals surface area (Å²) in [5.41, 5.74) is 0.662. The maximum atomic E-state index is 12.4. The van der Waals surface area contributed by atoms with E-state index in [-0.39, 0.29) is 11.4 Å². The summed E-state index contributed by atoms with van der Waals surface area (Å²) in [6, 6.07) is 1.73. The zero-order chi connectivity index (χ0) is 14.4. The van der Waals surface area contributed by atoms with Gasteiger partial charge in [-0.1, -0.05) is 11.6 Å². The normalized spacial score (nSPS) is 14.3. The number of aryl methyl sites for hydroxylation is 2. The predicted molar refractivity (Wildman–Crippen MR) is 75.8 cm³/mol. The van der Waals surface area contributed by atoms with E-state index in [9.17, 15) is 9.59 Å². The van der Waals surface area contributed by atoms with Crippen molar-refractivity contribution in [3.63, 3.8) is 0 Å². The van der Waals surface area contributed by atoms with Crippen LogP contribution in [0.5, 0.6) is 0 Å². The number of hydrogen-bond donors (Lipinski definition) is 0. The highest BCUT2D eigenvalue weighted by Gasteiger charge is 2.21. The van der Waals surface area contributed by atoms with Gasteiger partial charge < -0.3 is 0 Å². The number of halogens is 1. The van der Waals surface area contributed by atoms with Gasteiger partial charge in [0.1, 0.15) is 5.82 Å². The lowest BCUT2D eigenvalue weighted by Crippen LogP contribution is -2.30. The molecule has 0 spiro atoms. The van der Waals surface area contributed by atoms with Crippen LogP contribution in [0.4, 0.5) is 0 Å². The van der Waals surface area contributed by atoms with Crippen LogP contribution >= 0.6 is 11.6 Å². The van der Waals surface area contributed by atoms with Crippen molar-refractivity contribution in [3.8, 4) is 5.82 Å². The Hall–Kier alpha value is -1.82. The fraction of sp³-hybridized carbons (Fsp3) is 0.462. The lowest BCUT2D eigenvalue weighted by molar-refractivity contribution is 0.348. The maximum absolute atomic E-state index is 12.4. The molecule has 7 heteroatoms. The molecule has 20 heavy (non-hydrogen) atoms. The monoisotopic (exact) mass is 294 g/mol. The minimum atomic E-state index is -0.327. The standard InChI is InChI=1S/C13H15ClN4O2/c1-8-7-10(14)9(2)15-11(8)18-12(19)16-5-3-4-6-17(16)13(18)20/h7H,3-6H2,1-2H3. The zero-order valence-corrected chi connectivity index (χ0v) is 12.1. The molecule has 0 saturated heterocycles. The highest BCUT2D eigenvalue weighted by atomic mass is 35.5. The van der Waals surface area contributed by atoms with Crippen LogP contribution in [-0.4, -0.2) is 18.9 Å². The van der Waals surface area contributed by atoms with E-state index >= 15 is 0 Å². The number of pyridine rings is 1. The summed E-state index contributed by atoms with van der Waals surface area (Å²) in [5.74, 6) is 0.372. The number of nitrogens with zero attached hydrogens (tertiary/aromatic N) is 4. The Bertz CT molecular complexity index is 762. The second-order valence-electron chi connectivity index (χ2n) is 5.05. The summed E-state index contributed by atoms with van der Waals surface area (Å²) < 4.78 is 4.14. The summed E-state index contributed by atoms with van der Waals surface area (Å²) in [7, 11) is 0. The summed E-state index contributed by atoms with van der Waals surface area (Å²) in [4.78, 5) is 29.1. The zero-order valence-electron chi connectivity index (χ0n) is 11.4. The molecule has 0 aliphatic carbocycles. The van der Waals surface area contributed by atoms with Gasteiger partial charge in [-0.15, -0.1) is 0 Å². The Morgan fingerprint density at radius 1 is 1.10 bits per heavy atom. The minimum Gasteiger partial charge on any atom is -0.245 e. The molecule has 6 nitrogen and oxygen atoms in total. The largest absolute Gasteiger partial charge is 0.353 e. The summed E-state index contributed by atoms with van der Waals surface area (Å²) in [6.45, 7) is 4.70. The molecule has 3 rings (SSSR count). The summed E-state index contributed by atoms with van der Waals surface area (Å²) >= 11 is 6.02. The van der Waals surface area contributed by atoms with Crippen LogP contribution in [-0.2, 0) is 13.1 Å². The molecule has 0 unspecified atom stereocenters. The van der Waals surface area contributed by atoms with Crippen molar-refractivity contribution in [1.29, 1.82) is 0 Å². The predicted octanol–water partition coefficient (Wildman–Crippen LogP) is 1.26. The van der Waals surface area contributed by atoms with E-state index < -0.39 is 0 Å². The van der Waals surface area contributed by atoms with Crippen LogP contribution in [0.25, 0.3) is 5.82 Å². The van der Waals surface area contributed by atoms with Gasteiger partial charge in [-0.3, -0.25) is 0 Å². The average Bonchev–Trinajstić information content (AvgIpc) is 2.68. The molecule has 0 saturated carbocycles. The fourth-order valence-electron chi connectivity index (χ4n) is 2.54. The number of aromatic nitrogens is 4. The van der Waals surface area contributed by atoms with E-state index in [4.69, 9.17) is 11.6 Å². The van der Waals surface area contributed by atoms with Crippen LogP contribution in [0.2, 0.25) is 5.02 Å². The van der Waals surface area contributed by atoms with Gasteiger partial charge in [0, 0.05) is 13.1 Å². The van der Waals surface area contributed by atoms with Crippen molar-refractivity contribution in [2.24, 2.45) is 0 Å². The molecule has 0 amide bonds. The third-order valence-electron chi connectivity index (χ3n) is 3.63. The topological polar surface area (TPSA) is 61.8 Å². The SMILES string of the molecule is Cc1cc(Cl)c(C)nc1-n1c(=O)n2n(c1=O)CCCC2. The van der Waals surface area contributed by atoms with Gasteiger partial charge in [-0.05, 0) is 38.3 Å². The molecule has 0 fully saturated rings. The van der Waals surface area contributed by atoms with Gasteiger partial charge in [0.15, 0.2) is 0 Å². The Labute approximate surface area is 120 Å². The van der Waals surface area contributed by atoms with Crippen LogP contribution < -0.4 is 11.4 Å². The van der Waals surface area contributed by atoms with Crippen molar-refractivity contribution in [2.45, 2.75) is 39.8 Å².